The summed E-state index contributed by atoms with van der Waals surface area (Å²) in [4.78, 5) is 16.4. The molecule has 27 heavy (non-hydrogen) atoms. The third-order valence-corrected chi connectivity index (χ3v) is 4.99. The highest BCUT2D eigenvalue weighted by atomic mass is 16.5. The summed E-state index contributed by atoms with van der Waals surface area (Å²) in [6, 6.07) is 10.3. The lowest BCUT2D eigenvalue weighted by atomic mass is 9.97. The van der Waals surface area contributed by atoms with Gasteiger partial charge in [-0.25, -0.2) is 9.78 Å². The summed E-state index contributed by atoms with van der Waals surface area (Å²) in [5.74, 6) is 0.399. The number of nitrogens with one attached hydrogen (secondary N) is 1. The highest BCUT2D eigenvalue weighted by Gasteiger charge is 2.24. The lowest BCUT2D eigenvalue weighted by molar-refractivity contribution is -0.0442. The molecule has 3 rings (SSSR count). The minimum absolute atomic E-state index is 0.123. The van der Waals surface area contributed by atoms with Crippen LogP contribution in [-0.4, -0.2) is 30.2 Å². The normalized spacial score (nSPS) is 19.5. The first-order chi connectivity index (χ1) is 13.1. The highest BCUT2D eigenvalue weighted by molar-refractivity contribution is 5.92. The van der Waals surface area contributed by atoms with Crippen LogP contribution in [0.2, 0.25) is 0 Å². The van der Waals surface area contributed by atoms with Gasteiger partial charge in [-0.3, -0.25) is 0 Å². The van der Waals surface area contributed by atoms with Crippen molar-refractivity contribution in [2.24, 2.45) is 0 Å². The summed E-state index contributed by atoms with van der Waals surface area (Å²) in [6.07, 6.45) is 5.11. The van der Waals surface area contributed by atoms with Crippen molar-refractivity contribution in [2.45, 2.75) is 52.2 Å². The van der Waals surface area contributed by atoms with Crippen molar-refractivity contribution >= 4 is 11.8 Å². The molecule has 2 heterocycles. The smallest absolute Gasteiger partial charge is 0.338 e. The van der Waals surface area contributed by atoms with Crippen LogP contribution in [-0.2, 0) is 9.47 Å². The van der Waals surface area contributed by atoms with E-state index < -0.39 is 0 Å². The van der Waals surface area contributed by atoms with Gasteiger partial charge in [0.2, 0.25) is 0 Å². The number of hydrogen-bond donors (Lipinski definition) is 1. The van der Waals surface area contributed by atoms with Gasteiger partial charge in [0.25, 0.3) is 0 Å². The molecule has 0 aliphatic carbocycles. The molecular weight excluding hydrogens is 340 g/mol. The van der Waals surface area contributed by atoms with E-state index in [-0.39, 0.29) is 18.2 Å². The van der Waals surface area contributed by atoms with Gasteiger partial charge in [0.1, 0.15) is 5.82 Å². The molecule has 144 valence electrons. The minimum Gasteiger partial charge on any atom is -0.462 e. The van der Waals surface area contributed by atoms with E-state index in [1.165, 1.54) is 11.1 Å². The Morgan fingerprint density at radius 2 is 2.00 bits per heavy atom. The van der Waals surface area contributed by atoms with E-state index in [4.69, 9.17) is 9.47 Å². The number of aromatic nitrogens is 1. The van der Waals surface area contributed by atoms with Crippen LogP contribution in [0.4, 0.5) is 5.82 Å². The zero-order valence-corrected chi connectivity index (χ0v) is 16.3. The Kier molecular flexibility index (Phi) is 6.45. The number of ether oxygens (including phenoxy) is 2. The molecule has 0 saturated carbocycles. The van der Waals surface area contributed by atoms with Crippen LogP contribution in [0.15, 0.2) is 36.5 Å². The van der Waals surface area contributed by atoms with Crippen molar-refractivity contribution < 1.29 is 14.3 Å². The summed E-state index contributed by atoms with van der Waals surface area (Å²) in [5.41, 5.74) is 3.86. The first kappa shape index (κ1) is 19.4. The second kappa shape index (κ2) is 9.00. The van der Waals surface area contributed by atoms with Crippen molar-refractivity contribution in [1.82, 2.24) is 4.98 Å². The Hall–Kier alpha value is -2.40. The van der Waals surface area contributed by atoms with Gasteiger partial charge < -0.3 is 14.8 Å². The number of anilines is 1. The fraction of sp³-hybridized carbons (Fsp3) is 0.455. The van der Waals surface area contributed by atoms with E-state index in [9.17, 15) is 4.79 Å². The number of pyridine rings is 1. The van der Waals surface area contributed by atoms with Gasteiger partial charge in [0.05, 0.1) is 24.4 Å². The average Bonchev–Trinajstić information content (AvgIpc) is 2.68. The van der Waals surface area contributed by atoms with Crippen molar-refractivity contribution in [3.8, 4) is 0 Å². The summed E-state index contributed by atoms with van der Waals surface area (Å²) in [5, 5.41) is 3.36. The summed E-state index contributed by atoms with van der Waals surface area (Å²) < 4.78 is 11.4. The average molecular weight is 368 g/mol. The predicted octanol–water partition coefficient (Wildman–Crippen LogP) is 4.60. The van der Waals surface area contributed by atoms with Gasteiger partial charge in [0, 0.05) is 18.3 Å². The zero-order chi connectivity index (χ0) is 19.2. The number of aryl methyl sites for hydroxylation is 1. The monoisotopic (exact) mass is 368 g/mol. The Balaban J connectivity index is 1.62. The third-order valence-electron chi connectivity index (χ3n) is 4.99. The SMILES string of the molecule is CCOC(=O)c1ccnc(NCC2CCC[C@@H](c3ccc(C)cc3)O2)c1C. The molecule has 1 N–H and O–H groups in total. The summed E-state index contributed by atoms with van der Waals surface area (Å²) in [7, 11) is 0. The van der Waals surface area contributed by atoms with E-state index in [2.05, 4.69) is 41.5 Å². The molecule has 0 radical (unpaired) electrons. The van der Waals surface area contributed by atoms with E-state index in [1.807, 2.05) is 6.92 Å². The van der Waals surface area contributed by atoms with Crippen molar-refractivity contribution in [2.75, 3.05) is 18.5 Å². The first-order valence-corrected chi connectivity index (χ1v) is 9.67. The number of benzene rings is 1. The number of carbonyl (C=O) groups is 1. The molecular formula is C22H28N2O3. The second-order valence-electron chi connectivity index (χ2n) is 7.02. The van der Waals surface area contributed by atoms with Crippen molar-refractivity contribution in [3.63, 3.8) is 0 Å². The molecule has 2 aromatic rings. The maximum atomic E-state index is 12.0. The molecule has 0 bridgehead atoms. The Bertz CT molecular complexity index is 774. The highest BCUT2D eigenvalue weighted by Crippen LogP contribution is 2.31. The van der Waals surface area contributed by atoms with E-state index in [0.29, 0.717) is 24.5 Å². The Morgan fingerprint density at radius 1 is 1.22 bits per heavy atom. The number of nitrogens with zero attached hydrogens (tertiary/aromatic N) is 1. The number of rotatable bonds is 6. The largest absolute Gasteiger partial charge is 0.462 e. The zero-order valence-electron chi connectivity index (χ0n) is 16.3. The molecule has 1 aliphatic rings. The second-order valence-corrected chi connectivity index (χ2v) is 7.02. The van der Waals surface area contributed by atoms with Gasteiger partial charge in [-0.2, -0.15) is 0 Å². The van der Waals surface area contributed by atoms with Gasteiger partial charge in [0.15, 0.2) is 0 Å². The van der Waals surface area contributed by atoms with Crippen LogP contribution in [0.5, 0.6) is 0 Å². The molecule has 0 amide bonds. The molecule has 1 aromatic heterocycles. The Morgan fingerprint density at radius 3 is 2.74 bits per heavy atom. The topological polar surface area (TPSA) is 60.5 Å². The number of hydrogen-bond acceptors (Lipinski definition) is 5. The molecule has 0 spiro atoms. The van der Waals surface area contributed by atoms with Crippen molar-refractivity contribution in [3.05, 3.63) is 58.8 Å². The lowest BCUT2D eigenvalue weighted by Gasteiger charge is -2.31. The molecule has 1 aromatic carbocycles. The standard InChI is InChI=1S/C22H28N2O3/c1-4-26-22(25)19-12-13-23-21(16(19)3)24-14-18-6-5-7-20(27-18)17-10-8-15(2)9-11-17/h8-13,18,20H,4-7,14H2,1-3H3,(H,23,24)/t18?,20-/m0/s1. The predicted molar refractivity (Wildman–Crippen MR) is 106 cm³/mol. The van der Waals surface area contributed by atoms with E-state index in [1.54, 1.807) is 19.2 Å². The third kappa shape index (κ3) is 4.86. The van der Waals surface area contributed by atoms with Gasteiger partial charge in [-0.05, 0) is 51.7 Å². The van der Waals surface area contributed by atoms with Crippen LogP contribution in [0, 0.1) is 13.8 Å². The molecule has 1 aliphatic heterocycles. The quantitative estimate of drug-likeness (QED) is 0.755. The van der Waals surface area contributed by atoms with E-state index >= 15 is 0 Å². The van der Waals surface area contributed by atoms with Crippen LogP contribution < -0.4 is 5.32 Å². The molecule has 1 saturated heterocycles. The fourth-order valence-electron chi connectivity index (χ4n) is 3.43. The van der Waals surface area contributed by atoms with Crippen LogP contribution in [0.1, 0.15) is 59.3 Å². The molecule has 5 nitrogen and oxygen atoms in total. The Labute approximate surface area is 161 Å². The minimum atomic E-state index is -0.311. The van der Waals surface area contributed by atoms with E-state index in [0.717, 1.165) is 24.8 Å². The van der Waals surface area contributed by atoms with Gasteiger partial charge in [-0.1, -0.05) is 29.8 Å². The maximum Gasteiger partial charge on any atom is 0.338 e. The molecule has 2 atom stereocenters. The van der Waals surface area contributed by atoms with Crippen LogP contribution in [0.3, 0.4) is 0 Å². The summed E-state index contributed by atoms with van der Waals surface area (Å²) in [6.45, 7) is 6.82. The number of carbonyl (C=O) groups excluding carboxylic acids is 1. The fourth-order valence-corrected chi connectivity index (χ4v) is 3.43. The first-order valence-electron chi connectivity index (χ1n) is 9.67. The van der Waals surface area contributed by atoms with Gasteiger partial charge >= 0.3 is 5.97 Å². The molecule has 5 heteroatoms. The summed E-state index contributed by atoms with van der Waals surface area (Å²) >= 11 is 0. The van der Waals surface area contributed by atoms with Gasteiger partial charge in [-0.15, -0.1) is 0 Å². The maximum absolute atomic E-state index is 12.0. The van der Waals surface area contributed by atoms with Crippen LogP contribution in [0.25, 0.3) is 0 Å². The van der Waals surface area contributed by atoms with Crippen LogP contribution >= 0.6 is 0 Å². The van der Waals surface area contributed by atoms with Crippen molar-refractivity contribution in [1.29, 1.82) is 0 Å². The molecule has 1 unspecified atom stereocenters. The molecule has 1 fully saturated rings. The number of esters is 1. The lowest BCUT2D eigenvalue weighted by Crippen LogP contribution is -2.29.